The normalized spacial score (nSPS) is 18.2. The van der Waals surface area contributed by atoms with Crippen LogP contribution in [0.5, 0.6) is 5.75 Å². The SMILES string of the molecule is Cc1ccc(C(CC(=O)O)c2ccc(F)cc2F)cc1CN1C[C@@H](C)Oc2ccccc2S1(=O)=O. The lowest BCUT2D eigenvalue weighted by molar-refractivity contribution is -0.137. The number of ether oxygens (including phenoxy) is 1. The van der Waals surface area contributed by atoms with Crippen molar-refractivity contribution in [3.8, 4) is 5.75 Å². The molecule has 1 aliphatic heterocycles. The van der Waals surface area contributed by atoms with Crippen LogP contribution >= 0.6 is 0 Å². The number of hydrogen-bond donors (Lipinski definition) is 1. The van der Waals surface area contributed by atoms with Gasteiger partial charge in [-0.2, -0.15) is 4.31 Å². The zero-order chi connectivity index (χ0) is 25.3. The summed E-state index contributed by atoms with van der Waals surface area (Å²) < 4.78 is 62.1. The molecule has 0 saturated heterocycles. The number of hydrogen-bond acceptors (Lipinski definition) is 4. The van der Waals surface area contributed by atoms with E-state index in [0.29, 0.717) is 16.9 Å². The lowest BCUT2D eigenvalue weighted by atomic mass is 9.86. The molecule has 0 spiro atoms. The summed E-state index contributed by atoms with van der Waals surface area (Å²) >= 11 is 0. The molecule has 184 valence electrons. The summed E-state index contributed by atoms with van der Waals surface area (Å²) in [6.07, 6.45) is -0.810. The second kappa shape index (κ2) is 9.75. The topological polar surface area (TPSA) is 83.9 Å². The van der Waals surface area contributed by atoms with Gasteiger partial charge in [-0.05, 0) is 54.3 Å². The first-order valence-electron chi connectivity index (χ1n) is 11.1. The minimum Gasteiger partial charge on any atom is -0.488 e. The van der Waals surface area contributed by atoms with E-state index in [1.54, 1.807) is 43.3 Å². The van der Waals surface area contributed by atoms with Crippen molar-refractivity contribution in [2.75, 3.05) is 6.54 Å². The van der Waals surface area contributed by atoms with Gasteiger partial charge < -0.3 is 9.84 Å². The average Bonchev–Trinajstić information content (AvgIpc) is 2.87. The summed E-state index contributed by atoms with van der Waals surface area (Å²) in [5, 5.41) is 9.46. The number of carboxylic acid groups (broad SMARTS) is 1. The third kappa shape index (κ3) is 5.21. The number of aryl methyl sites for hydroxylation is 1. The second-order valence-corrected chi connectivity index (χ2v) is 10.6. The van der Waals surface area contributed by atoms with Gasteiger partial charge in [0.25, 0.3) is 0 Å². The summed E-state index contributed by atoms with van der Waals surface area (Å²) in [7, 11) is -3.87. The Hall–Kier alpha value is -3.30. The van der Waals surface area contributed by atoms with Crippen LogP contribution in [0.15, 0.2) is 65.6 Å². The Bertz CT molecular complexity index is 1380. The molecule has 6 nitrogen and oxygen atoms in total. The third-order valence-electron chi connectivity index (χ3n) is 6.09. The first-order valence-corrected chi connectivity index (χ1v) is 12.5. The van der Waals surface area contributed by atoms with Crippen LogP contribution < -0.4 is 4.74 Å². The molecule has 1 N–H and O–H groups in total. The van der Waals surface area contributed by atoms with E-state index < -0.39 is 46.1 Å². The highest BCUT2D eigenvalue weighted by Crippen LogP contribution is 2.34. The fourth-order valence-electron chi connectivity index (χ4n) is 4.32. The number of nitrogens with zero attached hydrogens (tertiary/aromatic N) is 1. The lowest BCUT2D eigenvalue weighted by Crippen LogP contribution is -2.35. The Morgan fingerprint density at radius 2 is 1.89 bits per heavy atom. The summed E-state index contributed by atoms with van der Waals surface area (Å²) in [5.41, 5.74) is 2.00. The van der Waals surface area contributed by atoms with E-state index in [1.165, 1.54) is 16.4 Å². The molecule has 0 bridgehead atoms. The van der Waals surface area contributed by atoms with Crippen molar-refractivity contribution in [2.45, 2.75) is 43.7 Å². The van der Waals surface area contributed by atoms with E-state index in [1.807, 2.05) is 6.92 Å². The number of benzene rings is 3. The second-order valence-electron chi connectivity index (χ2n) is 8.67. The van der Waals surface area contributed by atoms with Gasteiger partial charge in [0, 0.05) is 18.5 Å². The van der Waals surface area contributed by atoms with Crippen molar-refractivity contribution < 1.29 is 31.8 Å². The van der Waals surface area contributed by atoms with Crippen LogP contribution in [-0.2, 0) is 21.4 Å². The van der Waals surface area contributed by atoms with Crippen molar-refractivity contribution in [3.05, 3.63) is 94.6 Å². The third-order valence-corrected chi connectivity index (χ3v) is 7.95. The molecule has 0 aromatic heterocycles. The van der Waals surface area contributed by atoms with Gasteiger partial charge in [0.15, 0.2) is 0 Å². The maximum Gasteiger partial charge on any atom is 0.304 e. The summed E-state index contributed by atoms with van der Waals surface area (Å²) in [6, 6.07) is 14.6. The number of carboxylic acids is 1. The largest absolute Gasteiger partial charge is 0.488 e. The molecule has 1 heterocycles. The van der Waals surface area contributed by atoms with E-state index in [-0.39, 0.29) is 23.5 Å². The molecule has 1 aliphatic rings. The zero-order valence-electron chi connectivity index (χ0n) is 19.2. The molecule has 0 aliphatic carbocycles. The molecular weight excluding hydrogens is 476 g/mol. The molecule has 0 saturated carbocycles. The molecule has 3 aromatic carbocycles. The minimum absolute atomic E-state index is 0.0235. The van der Waals surface area contributed by atoms with Gasteiger partial charge in [-0.15, -0.1) is 0 Å². The van der Waals surface area contributed by atoms with E-state index in [0.717, 1.165) is 17.7 Å². The van der Waals surface area contributed by atoms with Gasteiger partial charge in [0.05, 0.1) is 13.0 Å². The highest BCUT2D eigenvalue weighted by molar-refractivity contribution is 7.89. The molecule has 1 unspecified atom stereocenters. The monoisotopic (exact) mass is 501 g/mol. The molecule has 35 heavy (non-hydrogen) atoms. The Labute approximate surface area is 202 Å². The van der Waals surface area contributed by atoms with Gasteiger partial charge in [-0.3, -0.25) is 4.79 Å². The van der Waals surface area contributed by atoms with E-state index in [2.05, 4.69) is 0 Å². The first kappa shape index (κ1) is 24.8. The minimum atomic E-state index is -3.87. The molecule has 0 amide bonds. The lowest BCUT2D eigenvalue weighted by Gasteiger charge is -2.24. The standard InChI is InChI=1S/C26H25F2NO5S/c1-16-7-8-18(22(13-26(30)31)21-10-9-20(27)12-23(21)28)11-19(16)15-29-14-17(2)34-24-5-3-4-6-25(24)35(29,32)33/h3-12,17,22H,13-15H2,1-2H3,(H,30,31)/t17-,22?/m1/s1. The molecule has 4 rings (SSSR count). The summed E-state index contributed by atoms with van der Waals surface area (Å²) in [6.45, 7) is 3.75. The van der Waals surface area contributed by atoms with Crippen LogP contribution in [0.4, 0.5) is 8.78 Å². The molecule has 2 atom stereocenters. The van der Waals surface area contributed by atoms with E-state index in [4.69, 9.17) is 4.74 Å². The Morgan fingerprint density at radius 3 is 2.60 bits per heavy atom. The predicted octanol–water partition coefficient (Wildman–Crippen LogP) is 4.85. The Morgan fingerprint density at radius 1 is 1.14 bits per heavy atom. The number of carbonyl (C=O) groups is 1. The molecule has 9 heteroatoms. The maximum absolute atomic E-state index is 14.6. The van der Waals surface area contributed by atoms with E-state index in [9.17, 15) is 27.1 Å². The van der Waals surface area contributed by atoms with Crippen molar-refractivity contribution in [1.82, 2.24) is 4.31 Å². The van der Waals surface area contributed by atoms with Crippen molar-refractivity contribution in [1.29, 1.82) is 0 Å². The van der Waals surface area contributed by atoms with Gasteiger partial charge in [-0.1, -0.05) is 36.4 Å². The Balaban J connectivity index is 1.74. The van der Waals surface area contributed by atoms with Crippen LogP contribution in [0.3, 0.4) is 0 Å². The molecule has 0 radical (unpaired) electrons. The van der Waals surface area contributed by atoms with Crippen LogP contribution in [-0.4, -0.2) is 36.4 Å². The zero-order valence-corrected chi connectivity index (χ0v) is 20.1. The highest BCUT2D eigenvalue weighted by Gasteiger charge is 2.33. The molecule has 0 fully saturated rings. The number of para-hydroxylation sites is 1. The van der Waals surface area contributed by atoms with Crippen molar-refractivity contribution in [3.63, 3.8) is 0 Å². The van der Waals surface area contributed by atoms with Crippen molar-refractivity contribution >= 4 is 16.0 Å². The maximum atomic E-state index is 14.6. The first-order chi connectivity index (χ1) is 16.6. The molecule has 3 aromatic rings. The van der Waals surface area contributed by atoms with Crippen molar-refractivity contribution in [2.24, 2.45) is 0 Å². The van der Waals surface area contributed by atoms with Gasteiger partial charge in [0.2, 0.25) is 10.0 Å². The number of rotatable bonds is 6. The quantitative estimate of drug-likeness (QED) is 0.522. The van der Waals surface area contributed by atoms with Crippen LogP contribution in [0.1, 0.15) is 41.5 Å². The summed E-state index contributed by atoms with van der Waals surface area (Å²) in [5.74, 6) is -3.32. The van der Waals surface area contributed by atoms with Crippen LogP contribution in [0, 0.1) is 18.6 Å². The smallest absolute Gasteiger partial charge is 0.304 e. The highest BCUT2D eigenvalue weighted by atomic mass is 32.2. The fraction of sp³-hybridized carbons (Fsp3) is 0.269. The Kier molecular flexibility index (Phi) is 6.91. The fourth-order valence-corrected chi connectivity index (χ4v) is 5.94. The molecular formula is C26H25F2NO5S. The number of halogens is 2. The van der Waals surface area contributed by atoms with Gasteiger partial charge >= 0.3 is 5.97 Å². The predicted molar refractivity (Wildman–Crippen MR) is 126 cm³/mol. The number of aliphatic carboxylic acids is 1. The van der Waals surface area contributed by atoms with Crippen LogP contribution in [0.2, 0.25) is 0 Å². The number of fused-ring (bicyclic) bond motifs is 1. The van der Waals surface area contributed by atoms with Gasteiger partial charge in [0.1, 0.15) is 28.4 Å². The number of sulfonamides is 1. The van der Waals surface area contributed by atoms with Crippen LogP contribution in [0.25, 0.3) is 0 Å². The summed E-state index contributed by atoms with van der Waals surface area (Å²) in [4.78, 5) is 11.7. The van der Waals surface area contributed by atoms with Gasteiger partial charge in [-0.25, -0.2) is 17.2 Å². The average molecular weight is 502 g/mol. The van der Waals surface area contributed by atoms with E-state index >= 15 is 0 Å².